The Bertz CT molecular complexity index is 916. The van der Waals surface area contributed by atoms with Gasteiger partial charge in [-0.3, -0.25) is 0 Å². The van der Waals surface area contributed by atoms with Crippen LogP contribution in [0.1, 0.15) is 43.8 Å². The Labute approximate surface area is 161 Å². The summed E-state index contributed by atoms with van der Waals surface area (Å²) in [5.41, 5.74) is 2.29. The fourth-order valence-corrected chi connectivity index (χ4v) is 2.88. The van der Waals surface area contributed by atoms with Crippen molar-refractivity contribution in [3.05, 3.63) is 70.0 Å². The fourth-order valence-electron chi connectivity index (χ4n) is 2.61. The molecule has 2 aromatic carbocycles. The molecule has 0 radical (unpaired) electrons. The van der Waals surface area contributed by atoms with Crippen LogP contribution in [0.3, 0.4) is 0 Å². The summed E-state index contributed by atoms with van der Waals surface area (Å²) in [7, 11) is 0. The second kappa shape index (κ2) is 7.26. The lowest BCUT2D eigenvalue weighted by Gasteiger charge is -2.25. The zero-order chi connectivity index (χ0) is 18.7. The van der Waals surface area contributed by atoms with Gasteiger partial charge < -0.3 is 5.32 Å². The SMILES string of the molecule is CC(C)(C)n1nnnc1[C@H](Nc1ccc(Br)cc1)c1ccc(C#N)cc1. The average molecular weight is 411 g/mol. The molecule has 0 aliphatic heterocycles. The molecule has 0 fully saturated rings. The molecule has 1 atom stereocenters. The highest BCUT2D eigenvalue weighted by Gasteiger charge is 2.27. The summed E-state index contributed by atoms with van der Waals surface area (Å²) in [6.45, 7) is 6.17. The second-order valence-corrected chi connectivity index (χ2v) is 7.85. The highest BCUT2D eigenvalue weighted by atomic mass is 79.9. The van der Waals surface area contributed by atoms with Gasteiger partial charge in [-0.1, -0.05) is 28.1 Å². The van der Waals surface area contributed by atoms with Crippen molar-refractivity contribution in [3.8, 4) is 6.07 Å². The van der Waals surface area contributed by atoms with Crippen molar-refractivity contribution in [2.24, 2.45) is 0 Å². The Hall–Kier alpha value is -2.72. The minimum atomic E-state index is -0.259. The molecule has 1 N–H and O–H groups in total. The molecule has 0 aliphatic carbocycles. The van der Waals surface area contributed by atoms with Crippen molar-refractivity contribution < 1.29 is 0 Å². The maximum Gasteiger partial charge on any atom is 0.178 e. The molecule has 132 valence electrons. The van der Waals surface area contributed by atoms with Gasteiger partial charge in [0, 0.05) is 10.2 Å². The van der Waals surface area contributed by atoms with E-state index in [2.05, 4.69) is 63.6 Å². The third-order valence-corrected chi connectivity index (χ3v) is 4.44. The van der Waals surface area contributed by atoms with Gasteiger partial charge >= 0.3 is 0 Å². The van der Waals surface area contributed by atoms with Crippen LogP contribution in [0.2, 0.25) is 0 Å². The van der Waals surface area contributed by atoms with Crippen LogP contribution in [0.15, 0.2) is 53.0 Å². The molecule has 0 amide bonds. The Morgan fingerprint density at radius 3 is 2.31 bits per heavy atom. The predicted molar refractivity (Wildman–Crippen MR) is 104 cm³/mol. The first kappa shape index (κ1) is 18.1. The van der Waals surface area contributed by atoms with Gasteiger partial charge in [0.2, 0.25) is 0 Å². The first-order valence-electron chi connectivity index (χ1n) is 8.19. The molecule has 26 heavy (non-hydrogen) atoms. The zero-order valence-electron chi connectivity index (χ0n) is 14.8. The number of benzene rings is 2. The molecule has 0 spiro atoms. The van der Waals surface area contributed by atoms with Crippen LogP contribution >= 0.6 is 15.9 Å². The van der Waals surface area contributed by atoms with Crippen molar-refractivity contribution in [1.29, 1.82) is 5.26 Å². The number of nitrogens with zero attached hydrogens (tertiary/aromatic N) is 5. The summed E-state index contributed by atoms with van der Waals surface area (Å²) in [6, 6.07) is 17.3. The smallest absolute Gasteiger partial charge is 0.178 e. The van der Waals surface area contributed by atoms with E-state index < -0.39 is 0 Å². The summed E-state index contributed by atoms with van der Waals surface area (Å²) in [5, 5.41) is 24.9. The molecule has 6 nitrogen and oxygen atoms in total. The first-order chi connectivity index (χ1) is 12.4. The van der Waals surface area contributed by atoms with Crippen LogP contribution in [0.25, 0.3) is 0 Å². The van der Waals surface area contributed by atoms with Crippen molar-refractivity contribution >= 4 is 21.6 Å². The van der Waals surface area contributed by atoms with Gasteiger partial charge in [-0.2, -0.15) is 5.26 Å². The quantitative estimate of drug-likeness (QED) is 0.694. The number of nitrogens with one attached hydrogen (secondary N) is 1. The van der Waals surface area contributed by atoms with E-state index in [1.807, 2.05) is 41.1 Å². The van der Waals surface area contributed by atoms with Gasteiger partial charge in [0.15, 0.2) is 5.82 Å². The van der Waals surface area contributed by atoms with Crippen molar-refractivity contribution in [3.63, 3.8) is 0 Å². The Balaban J connectivity index is 2.05. The highest BCUT2D eigenvalue weighted by Crippen LogP contribution is 2.28. The van der Waals surface area contributed by atoms with Crippen LogP contribution in [0, 0.1) is 11.3 Å². The van der Waals surface area contributed by atoms with E-state index in [1.54, 1.807) is 12.1 Å². The highest BCUT2D eigenvalue weighted by molar-refractivity contribution is 9.10. The fraction of sp³-hybridized carbons (Fsp3) is 0.263. The monoisotopic (exact) mass is 410 g/mol. The topological polar surface area (TPSA) is 79.4 Å². The maximum atomic E-state index is 9.06. The minimum Gasteiger partial charge on any atom is -0.371 e. The first-order valence-corrected chi connectivity index (χ1v) is 8.99. The molecule has 0 aliphatic rings. The second-order valence-electron chi connectivity index (χ2n) is 6.94. The summed E-state index contributed by atoms with van der Waals surface area (Å²) in [4.78, 5) is 0. The van der Waals surface area contributed by atoms with Crippen LogP contribution in [-0.4, -0.2) is 20.2 Å². The summed E-state index contributed by atoms with van der Waals surface area (Å²) >= 11 is 3.45. The lowest BCUT2D eigenvalue weighted by Crippen LogP contribution is -2.29. The van der Waals surface area contributed by atoms with E-state index in [1.165, 1.54) is 0 Å². The number of nitriles is 1. The number of tetrazole rings is 1. The molecule has 1 heterocycles. The summed E-state index contributed by atoms with van der Waals surface area (Å²) in [5.74, 6) is 0.713. The number of aromatic nitrogens is 4. The zero-order valence-corrected chi connectivity index (χ0v) is 16.4. The van der Waals surface area contributed by atoms with E-state index >= 15 is 0 Å². The van der Waals surface area contributed by atoms with E-state index in [4.69, 9.17) is 5.26 Å². The van der Waals surface area contributed by atoms with E-state index in [-0.39, 0.29) is 11.6 Å². The van der Waals surface area contributed by atoms with Gasteiger partial charge in [0.05, 0.1) is 17.2 Å². The van der Waals surface area contributed by atoms with Crippen LogP contribution in [0.4, 0.5) is 5.69 Å². The van der Waals surface area contributed by atoms with E-state index in [0.717, 1.165) is 15.7 Å². The minimum absolute atomic E-state index is 0.252. The largest absolute Gasteiger partial charge is 0.371 e. The third-order valence-electron chi connectivity index (χ3n) is 3.92. The molecule has 1 aromatic heterocycles. The molecule has 3 aromatic rings. The molecule has 0 saturated heterocycles. The number of hydrogen-bond acceptors (Lipinski definition) is 5. The normalized spacial score (nSPS) is 12.4. The molecule has 7 heteroatoms. The molecular weight excluding hydrogens is 392 g/mol. The van der Waals surface area contributed by atoms with Crippen molar-refractivity contribution in [2.45, 2.75) is 32.4 Å². The van der Waals surface area contributed by atoms with Gasteiger partial charge in [0.25, 0.3) is 0 Å². The van der Waals surface area contributed by atoms with Crippen molar-refractivity contribution in [1.82, 2.24) is 20.2 Å². The molecule has 0 unspecified atom stereocenters. The molecular formula is C19H19BrN6. The summed E-state index contributed by atoms with van der Waals surface area (Å²) in [6.07, 6.45) is 0. The van der Waals surface area contributed by atoms with Crippen molar-refractivity contribution in [2.75, 3.05) is 5.32 Å². The number of rotatable bonds is 4. The molecule has 0 bridgehead atoms. The summed E-state index contributed by atoms with van der Waals surface area (Å²) < 4.78 is 2.83. The van der Waals surface area contributed by atoms with Crippen LogP contribution in [-0.2, 0) is 5.54 Å². The van der Waals surface area contributed by atoms with Gasteiger partial charge in [-0.25, -0.2) is 4.68 Å². The van der Waals surface area contributed by atoms with Gasteiger partial charge in [-0.15, -0.1) is 5.10 Å². The lowest BCUT2D eigenvalue weighted by molar-refractivity contribution is 0.333. The standard InChI is InChI=1S/C19H19BrN6/c1-19(2,3)26-18(23-24-25-26)17(14-6-4-13(12-21)5-7-14)22-16-10-8-15(20)9-11-16/h4-11,17,22H,1-3H3/t17-/m1/s1. The van der Waals surface area contributed by atoms with Crippen LogP contribution in [0.5, 0.6) is 0 Å². The Morgan fingerprint density at radius 2 is 1.73 bits per heavy atom. The van der Waals surface area contributed by atoms with E-state index in [0.29, 0.717) is 11.4 Å². The third kappa shape index (κ3) is 3.92. The Morgan fingerprint density at radius 1 is 1.08 bits per heavy atom. The Kier molecular flexibility index (Phi) is 5.05. The van der Waals surface area contributed by atoms with Gasteiger partial charge in [-0.05, 0) is 73.2 Å². The molecule has 3 rings (SSSR count). The van der Waals surface area contributed by atoms with E-state index in [9.17, 15) is 0 Å². The van der Waals surface area contributed by atoms with Gasteiger partial charge in [0.1, 0.15) is 6.04 Å². The number of hydrogen-bond donors (Lipinski definition) is 1. The number of anilines is 1. The van der Waals surface area contributed by atoms with Crippen LogP contribution < -0.4 is 5.32 Å². The maximum absolute atomic E-state index is 9.06. The lowest BCUT2D eigenvalue weighted by atomic mass is 10.0. The number of halogens is 1. The average Bonchev–Trinajstić information content (AvgIpc) is 3.11. The molecule has 0 saturated carbocycles. The predicted octanol–water partition coefficient (Wildman–Crippen LogP) is 4.26.